The van der Waals surface area contributed by atoms with Gasteiger partial charge < -0.3 is 5.32 Å². The number of carbonyl (C=O) groups is 2. The fourth-order valence-corrected chi connectivity index (χ4v) is 2.49. The molecule has 22 heavy (non-hydrogen) atoms. The van der Waals surface area contributed by atoms with Gasteiger partial charge in [-0.05, 0) is 19.3 Å². The van der Waals surface area contributed by atoms with Crippen molar-refractivity contribution in [1.29, 1.82) is 0 Å². The maximum Gasteiger partial charge on any atom is 0.219 e. The van der Waals surface area contributed by atoms with Gasteiger partial charge in [0.1, 0.15) is 5.78 Å². The van der Waals surface area contributed by atoms with Crippen LogP contribution >= 0.6 is 0 Å². The van der Waals surface area contributed by atoms with Gasteiger partial charge >= 0.3 is 0 Å². The average Bonchev–Trinajstić information content (AvgIpc) is 2.54. The molecule has 0 saturated heterocycles. The van der Waals surface area contributed by atoms with E-state index in [9.17, 15) is 9.59 Å². The molecule has 0 aromatic carbocycles. The van der Waals surface area contributed by atoms with Gasteiger partial charge in [-0.2, -0.15) is 0 Å². The second-order valence-electron chi connectivity index (χ2n) is 6.41. The summed E-state index contributed by atoms with van der Waals surface area (Å²) >= 11 is 0. The van der Waals surface area contributed by atoms with E-state index in [0.717, 1.165) is 32.2 Å². The Labute approximate surface area is 137 Å². The Morgan fingerprint density at radius 2 is 1.32 bits per heavy atom. The fraction of sp³-hybridized carbons (Fsp3) is 0.895. The Balaban J connectivity index is 3.18. The fourth-order valence-electron chi connectivity index (χ4n) is 2.49. The van der Waals surface area contributed by atoms with E-state index < -0.39 is 0 Å². The summed E-state index contributed by atoms with van der Waals surface area (Å²) in [5.74, 6) is 0.853. The SMILES string of the molecule is CCC(=O)NCCCCCCCCCCCC(=O)C(C)CC. The van der Waals surface area contributed by atoms with Crippen LogP contribution in [-0.2, 0) is 9.59 Å². The number of hydrogen-bond donors (Lipinski definition) is 1. The summed E-state index contributed by atoms with van der Waals surface area (Å²) in [5.41, 5.74) is 0. The Morgan fingerprint density at radius 1 is 0.818 bits per heavy atom. The molecule has 1 unspecified atom stereocenters. The van der Waals surface area contributed by atoms with E-state index in [0.29, 0.717) is 12.2 Å². The number of unbranched alkanes of at least 4 members (excludes halogenated alkanes) is 8. The van der Waals surface area contributed by atoms with Crippen LogP contribution in [0.4, 0.5) is 0 Å². The van der Waals surface area contributed by atoms with Crippen LogP contribution in [0.25, 0.3) is 0 Å². The van der Waals surface area contributed by atoms with Crippen molar-refractivity contribution in [3.05, 3.63) is 0 Å². The van der Waals surface area contributed by atoms with Crippen molar-refractivity contribution in [3.8, 4) is 0 Å². The average molecular weight is 312 g/mol. The standard InChI is InChI=1S/C19H37NO2/c1-4-17(3)18(21)15-13-11-9-7-6-8-10-12-14-16-20-19(22)5-2/h17H,4-16H2,1-3H3,(H,20,22). The minimum absolute atomic E-state index is 0.159. The number of nitrogens with one attached hydrogen (secondary N) is 1. The maximum atomic E-state index is 11.7. The Kier molecular flexibility index (Phi) is 14.5. The van der Waals surface area contributed by atoms with Gasteiger partial charge in [-0.3, -0.25) is 9.59 Å². The third-order valence-electron chi connectivity index (χ3n) is 4.41. The third-order valence-corrected chi connectivity index (χ3v) is 4.41. The highest BCUT2D eigenvalue weighted by atomic mass is 16.1. The van der Waals surface area contributed by atoms with Crippen LogP contribution in [0.1, 0.15) is 97.8 Å². The number of amides is 1. The first-order valence-corrected chi connectivity index (χ1v) is 9.41. The number of rotatable bonds is 15. The summed E-state index contributed by atoms with van der Waals surface area (Å²) in [6.07, 6.45) is 13.4. The molecule has 0 aromatic rings. The van der Waals surface area contributed by atoms with E-state index in [1.807, 2.05) is 13.8 Å². The second kappa shape index (κ2) is 15.1. The summed E-state index contributed by atoms with van der Waals surface area (Å²) < 4.78 is 0. The van der Waals surface area contributed by atoms with Crippen LogP contribution in [0, 0.1) is 5.92 Å². The molecule has 0 saturated carbocycles. The molecule has 1 atom stereocenters. The molecule has 1 N–H and O–H groups in total. The van der Waals surface area contributed by atoms with Gasteiger partial charge in [-0.25, -0.2) is 0 Å². The van der Waals surface area contributed by atoms with Gasteiger partial charge in [0, 0.05) is 25.3 Å². The van der Waals surface area contributed by atoms with Gasteiger partial charge in [0.05, 0.1) is 0 Å². The summed E-state index contributed by atoms with van der Waals surface area (Å²) in [6, 6.07) is 0. The molecule has 0 spiro atoms. The topological polar surface area (TPSA) is 46.2 Å². The lowest BCUT2D eigenvalue weighted by Gasteiger charge is -2.07. The lowest BCUT2D eigenvalue weighted by molar-refractivity contribution is -0.122. The highest BCUT2D eigenvalue weighted by molar-refractivity contribution is 5.80. The minimum atomic E-state index is 0.159. The molecule has 3 heteroatoms. The van der Waals surface area contributed by atoms with Crippen LogP contribution in [-0.4, -0.2) is 18.2 Å². The second-order valence-corrected chi connectivity index (χ2v) is 6.41. The quantitative estimate of drug-likeness (QED) is 0.431. The predicted octanol–water partition coefficient (Wildman–Crippen LogP) is 5.03. The number of ketones is 1. The number of carbonyl (C=O) groups excluding carboxylic acids is 2. The molecule has 0 radical (unpaired) electrons. The van der Waals surface area contributed by atoms with Crippen molar-refractivity contribution in [2.24, 2.45) is 5.92 Å². The Morgan fingerprint density at radius 3 is 1.82 bits per heavy atom. The zero-order chi connectivity index (χ0) is 16.6. The summed E-state index contributed by atoms with van der Waals surface area (Å²) in [6.45, 7) is 6.84. The molecule has 1 amide bonds. The lowest BCUT2D eigenvalue weighted by Crippen LogP contribution is -2.23. The van der Waals surface area contributed by atoms with E-state index in [2.05, 4.69) is 12.2 Å². The smallest absolute Gasteiger partial charge is 0.219 e. The molecule has 0 aromatic heterocycles. The molecule has 0 aliphatic carbocycles. The normalized spacial score (nSPS) is 12.1. The van der Waals surface area contributed by atoms with Crippen molar-refractivity contribution < 1.29 is 9.59 Å². The molecular formula is C19H37NO2. The van der Waals surface area contributed by atoms with Gasteiger partial charge in [-0.15, -0.1) is 0 Å². The van der Waals surface area contributed by atoms with E-state index in [-0.39, 0.29) is 11.8 Å². The minimum Gasteiger partial charge on any atom is -0.356 e. The zero-order valence-electron chi connectivity index (χ0n) is 15.1. The monoisotopic (exact) mass is 311 g/mol. The molecular weight excluding hydrogens is 274 g/mol. The van der Waals surface area contributed by atoms with Crippen molar-refractivity contribution in [1.82, 2.24) is 5.32 Å². The highest BCUT2D eigenvalue weighted by Gasteiger charge is 2.09. The first kappa shape index (κ1) is 21.1. The van der Waals surface area contributed by atoms with Crippen molar-refractivity contribution in [2.75, 3.05) is 6.54 Å². The summed E-state index contributed by atoms with van der Waals surface area (Å²) in [5, 5.41) is 2.91. The Hall–Kier alpha value is -0.860. The molecule has 0 bridgehead atoms. The molecule has 0 fully saturated rings. The predicted molar refractivity (Wildman–Crippen MR) is 93.9 cm³/mol. The first-order valence-electron chi connectivity index (χ1n) is 9.41. The molecule has 130 valence electrons. The molecule has 0 aliphatic heterocycles. The van der Waals surface area contributed by atoms with Crippen LogP contribution in [0.5, 0.6) is 0 Å². The number of hydrogen-bond acceptors (Lipinski definition) is 2. The molecule has 3 nitrogen and oxygen atoms in total. The van der Waals surface area contributed by atoms with Gasteiger partial charge in [0.2, 0.25) is 5.91 Å². The summed E-state index contributed by atoms with van der Waals surface area (Å²) in [4.78, 5) is 22.7. The molecule has 0 heterocycles. The van der Waals surface area contributed by atoms with Crippen LogP contribution < -0.4 is 5.32 Å². The first-order chi connectivity index (χ1) is 10.6. The van der Waals surface area contributed by atoms with Gasteiger partial charge in [0.25, 0.3) is 0 Å². The van der Waals surface area contributed by atoms with Crippen LogP contribution in [0.3, 0.4) is 0 Å². The highest BCUT2D eigenvalue weighted by Crippen LogP contribution is 2.13. The Bertz CT molecular complexity index is 289. The zero-order valence-corrected chi connectivity index (χ0v) is 15.1. The summed E-state index contributed by atoms with van der Waals surface area (Å²) in [7, 11) is 0. The molecule has 0 rings (SSSR count). The number of Topliss-reactive ketones (excluding diaryl/α,β-unsaturated/α-hetero) is 1. The van der Waals surface area contributed by atoms with E-state index in [1.54, 1.807) is 0 Å². The van der Waals surface area contributed by atoms with Crippen molar-refractivity contribution >= 4 is 11.7 Å². The van der Waals surface area contributed by atoms with Gasteiger partial charge in [0.15, 0.2) is 0 Å². The van der Waals surface area contributed by atoms with Crippen LogP contribution in [0.2, 0.25) is 0 Å². The van der Waals surface area contributed by atoms with E-state index in [1.165, 1.54) is 44.9 Å². The van der Waals surface area contributed by atoms with Crippen LogP contribution in [0.15, 0.2) is 0 Å². The third kappa shape index (κ3) is 12.8. The van der Waals surface area contributed by atoms with Crippen molar-refractivity contribution in [2.45, 2.75) is 97.8 Å². The largest absolute Gasteiger partial charge is 0.356 e. The van der Waals surface area contributed by atoms with E-state index >= 15 is 0 Å². The van der Waals surface area contributed by atoms with Gasteiger partial charge in [-0.1, -0.05) is 65.7 Å². The molecule has 0 aliphatic rings. The van der Waals surface area contributed by atoms with E-state index in [4.69, 9.17) is 0 Å². The lowest BCUT2D eigenvalue weighted by atomic mass is 9.98. The maximum absolute atomic E-state index is 11.7. The van der Waals surface area contributed by atoms with Crippen molar-refractivity contribution in [3.63, 3.8) is 0 Å².